The van der Waals surface area contributed by atoms with Crippen molar-refractivity contribution < 1.29 is 27.4 Å². The number of carbonyl (C=O) groups is 1. The van der Waals surface area contributed by atoms with Gasteiger partial charge in [-0.1, -0.05) is 12.1 Å². The summed E-state index contributed by atoms with van der Waals surface area (Å²) < 4.78 is 44.5. The molecule has 20 heavy (non-hydrogen) atoms. The predicted molar refractivity (Wildman–Crippen MR) is 66.1 cm³/mol. The number of halogens is 3. The maximum absolute atomic E-state index is 12.0. The summed E-state index contributed by atoms with van der Waals surface area (Å²) in [6.45, 7) is 2.58. The van der Waals surface area contributed by atoms with E-state index in [1.807, 2.05) is 0 Å². The molecule has 0 bridgehead atoms. The normalized spacial score (nSPS) is 11.5. The Balaban J connectivity index is 2.50. The molecule has 1 aromatic carbocycles. The Hall–Kier alpha value is -1.76. The molecule has 7 heteroatoms. The highest BCUT2D eigenvalue weighted by molar-refractivity contribution is 5.71. The molecule has 1 rings (SSSR count). The van der Waals surface area contributed by atoms with E-state index < -0.39 is 6.36 Å². The number of hydrogen-bond donors (Lipinski definition) is 0. The third-order valence-corrected chi connectivity index (χ3v) is 2.31. The van der Waals surface area contributed by atoms with Gasteiger partial charge in [-0.15, -0.1) is 13.2 Å². The van der Waals surface area contributed by atoms with Crippen LogP contribution in [0.4, 0.5) is 13.2 Å². The monoisotopic (exact) mass is 291 g/mol. The lowest BCUT2D eigenvalue weighted by molar-refractivity contribution is -0.274. The lowest BCUT2D eigenvalue weighted by Gasteiger charge is -2.16. The second-order valence-corrected chi connectivity index (χ2v) is 4.17. The maximum atomic E-state index is 12.0. The van der Waals surface area contributed by atoms with Gasteiger partial charge in [-0.25, -0.2) is 0 Å². The highest BCUT2D eigenvalue weighted by Crippen LogP contribution is 2.22. The average Bonchev–Trinajstić information content (AvgIpc) is 2.30. The van der Waals surface area contributed by atoms with E-state index in [0.29, 0.717) is 13.2 Å². The summed E-state index contributed by atoms with van der Waals surface area (Å²) in [4.78, 5) is 13.0. The number of ether oxygens (including phenoxy) is 2. The lowest BCUT2D eigenvalue weighted by Crippen LogP contribution is -2.27. The highest BCUT2D eigenvalue weighted by Gasteiger charge is 2.30. The average molecular weight is 291 g/mol. The first-order valence-corrected chi connectivity index (χ1v) is 5.99. The van der Waals surface area contributed by atoms with Gasteiger partial charge in [-0.2, -0.15) is 0 Å². The number of carbonyl (C=O) groups excluding carboxylic acids is 1. The van der Waals surface area contributed by atoms with Gasteiger partial charge in [-0.3, -0.25) is 9.69 Å². The smallest absolute Gasteiger partial charge is 0.465 e. The van der Waals surface area contributed by atoms with Gasteiger partial charge in [0.15, 0.2) is 0 Å². The standard InChI is InChI=1S/C13H16F3NO3/c1-3-19-12(18)9-17(2)8-10-4-6-11(7-5-10)20-13(14,15)16/h4-7H,3,8-9H2,1-2H3. The van der Waals surface area contributed by atoms with Gasteiger partial charge in [0.05, 0.1) is 13.2 Å². The minimum Gasteiger partial charge on any atom is -0.465 e. The zero-order valence-electron chi connectivity index (χ0n) is 11.2. The molecule has 0 spiro atoms. The van der Waals surface area contributed by atoms with Crippen molar-refractivity contribution in [2.45, 2.75) is 19.8 Å². The van der Waals surface area contributed by atoms with E-state index in [4.69, 9.17) is 4.74 Å². The molecule has 0 amide bonds. The van der Waals surface area contributed by atoms with Gasteiger partial charge in [-0.05, 0) is 31.7 Å². The van der Waals surface area contributed by atoms with Gasteiger partial charge in [0.1, 0.15) is 5.75 Å². The van der Waals surface area contributed by atoms with E-state index in [1.54, 1.807) is 18.9 Å². The maximum Gasteiger partial charge on any atom is 0.573 e. The lowest BCUT2D eigenvalue weighted by atomic mass is 10.2. The molecule has 0 saturated heterocycles. The first-order chi connectivity index (χ1) is 9.30. The molecule has 1 aromatic rings. The Morgan fingerprint density at radius 3 is 2.35 bits per heavy atom. The van der Waals surface area contributed by atoms with Crippen molar-refractivity contribution in [3.8, 4) is 5.75 Å². The number of alkyl halides is 3. The Morgan fingerprint density at radius 1 is 1.25 bits per heavy atom. The Labute approximate surface area is 115 Å². The van der Waals surface area contributed by atoms with Crippen molar-refractivity contribution in [2.24, 2.45) is 0 Å². The third-order valence-electron chi connectivity index (χ3n) is 2.31. The Kier molecular flexibility index (Phi) is 5.82. The Morgan fingerprint density at radius 2 is 1.85 bits per heavy atom. The molecular weight excluding hydrogens is 275 g/mol. The van der Waals surface area contributed by atoms with Crippen molar-refractivity contribution >= 4 is 5.97 Å². The summed E-state index contributed by atoms with van der Waals surface area (Å²) in [6.07, 6.45) is -4.69. The van der Waals surface area contributed by atoms with Crippen LogP contribution in [0.2, 0.25) is 0 Å². The third kappa shape index (κ3) is 6.42. The molecule has 0 aliphatic carbocycles. The molecule has 0 N–H and O–H groups in total. The fourth-order valence-corrected chi connectivity index (χ4v) is 1.59. The summed E-state index contributed by atoms with van der Waals surface area (Å²) in [6, 6.07) is 5.51. The van der Waals surface area contributed by atoms with Crippen LogP contribution in [0.3, 0.4) is 0 Å². The van der Waals surface area contributed by atoms with E-state index in [9.17, 15) is 18.0 Å². The Bertz CT molecular complexity index is 431. The molecule has 0 saturated carbocycles. The van der Waals surface area contributed by atoms with Crippen molar-refractivity contribution in [3.63, 3.8) is 0 Å². The number of hydrogen-bond acceptors (Lipinski definition) is 4. The van der Waals surface area contributed by atoms with Crippen LogP contribution in [0.1, 0.15) is 12.5 Å². The number of benzene rings is 1. The number of likely N-dealkylation sites (N-methyl/N-ethyl adjacent to an activating group) is 1. The van der Waals surface area contributed by atoms with E-state index in [0.717, 1.165) is 5.56 Å². The minimum absolute atomic E-state index is 0.120. The molecule has 112 valence electrons. The first kappa shape index (κ1) is 16.3. The summed E-state index contributed by atoms with van der Waals surface area (Å²) in [5, 5.41) is 0. The van der Waals surface area contributed by atoms with E-state index >= 15 is 0 Å². The van der Waals surface area contributed by atoms with Crippen LogP contribution in [0.5, 0.6) is 5.75 Å². The number of esters is 1. The molecule has 0 atom stereocenters. The fourth-order valence-electron chi connectivity index (χ4n) is 1.59. The van der Waals surface area contributed by atoms with Crippen molar-refractivity contribution in [3.05, 3.63) is 29.8 Å². The van der Waals surface area contributed by atoms with Crippen molar-refractivity contribution in [2.75, 3.05) is 20.2 Å². The van der Waals surface area contributed by atoms with Crippen LogP contribution in [-0.4, -0.2) is 37.4 Å². The fraction of sp³-hybridized carbons (Fsp3) is 0.462. The second-order valence-electron chi connectivity index (χ2n) is 4.17. The molecule has 0 fully saturated rings. The molecule has 0 aromatic heterocycles. The molecule has 0 aliphatic heterocycles. The summed E-state index contributed by atoms with van der Waals surface area (Å²) in [5.74, 6) is -0.610. The minimum atomic E-state index is -4.69. The van der Waals surface area contributed by atoms with Gasteiger partial charge in [0.2, 0.25) is 0 Å². The summed E-state index contributed by atoms with van der Waals surface area (Å²) >= 11 is 0. The van der Waals surface area contributed by atoms with E-state index in [1.165, 1.54) is 24.3 Å². The van der Waals surface area contributed by atoms with Crippen LogP contribution < -0.4 is 4.74 Å². The van der Waals surface area contributed by atoms with Crippen LogP contribution >= 0.6 is 0 Å². The zero-order valence-corrected chi connectivity index (χ0v) is 11.2. The van der Waals surface area contributed by atoms with Crippen molar-refractivity contribution in [1.82, 2.24) is 4.90 Å². The van der Waals surface area contributed by atoms with Gasteiger partial charge in [0.25, 0.3) is 0 Å². The van der Waals surface area contributed by atoms with Gasteiger partial charge >= 0.3 is 12.3 Å². The molecule has 0 heterocycles. The first-order valence-electron chi connectivity index (χ1n) is 5.99. The van der Waals surface area contributed by atoms with Crippen molar-refractivity contribution in [1.29, 1.82) is 0 Å². The molecule has 0 radical (unpaired) electrons. The summed E-state index contributed by atoms with van der Waals surface area (Å²) in [7, 11) is 1.72. The molecular formula is C13H16F3NO3. The molecule has 0 unspecified atom stereocenters. The van der Waals surface area contributed by atoms with Crippen LogP contribution in [-0.2, 0) is 16.1 Å². The quantitative estimate of drug-likeness (QED) is 0.755. The van der Waals surface area contributed by atoms with E-state index in [2.05, 4.69) is 4.74 Å². The SMILES string of the molecule is CCOC(=O)CN(C)Cc1ccc(OC(F)(F)F)cc1. The molecule has 0 aliphatic rings. The topological polar surface area (TPSA) is 38.8 Å². The van der Waals surface area contributed by atoms with E-state index in [-0.39, 0.29) is 18.3 Å². The molecule has 4 nitrogen and oxygen atoms in total. The van der Waals surface area contributed by atoms with Crippen LogP contribution in [0.15, 0.2) is 24.3 Å². The highest BCUT2D eigenvalue weighted by atomic mass is 19.4. The van der Waals surface area contributed by atoms with Crippen LogP contribution in [0, 0.1) is 0 Å². The summed E-state index contributed by atoms with van der Waals surface area (Å²) in [5.41, 5.74) is 0.770. The second kappa shape index (κ2) is 7.14. The zero-order chi connectivity index (χ0) is 15.2. The van der Waals surface area contributed by atoms with Gasteiger partial charge in [0, 0.05) is 6.54 Å². The number of rotatable bonds is 6. The predicted octanol–water partition coefficient (Wildman–Crippen LogP) is 2.58. The number of nitrogens with zero attached hydrogens (tertiary/aromatic N) is 1. The largest absolute Gasteiger partial charge is 0.573 e. The van der Waals surface area contributed by atoms with Crippen LogP contribution in [0.25, 0.3) is 0 Å². The van der Waals surface area contributed by atoms with Gasteiger partial charge < -0.3 is 9.47 Å².